The van der Waals surface area contributed by atoms with Crippen LogP contribution >= 0.6 is 0 Å². The Hall–Kier alpha value is -1.36. The Morgan fingerprint density at radius 3 is 2.56 bits per heavy atom. The van der Waals surface area contributed by atoms with Crippen LogP contribution in [-0.2, 0) is 0 Å². The van der Waals surface area contributed by atoms with E-state index in [2.05, 4.69) is 11.8 Å². The largest absolute Gasteiger partial charge is 0.204 e. The van der Waals surface area contributed by atoms with Gasteiger partial charge in [-0.1, -0.05) is 38.8 Å². The van der Waals surface area contributed by atoms with Crippen LogP contribution in [0.25, 0.3) is 0 Å². The third-order valence-corrected chi connectivity index (χ3v) is 2.73. The van der Waals surface area contributed by atoms with Gasteiger partial charge in [-0.25, -0.2) is 8.78 Å². The molecular formula is C14H16F2. The highest BCUT2D eigenvalue weighted by Gasteiger charge is 2.18. The lowest BCUT2D eigenvalue weighted by Crippen LogP contribution is -2.07. The second-order valence-corrected chi connectivity index (χ2v) is 3.90. The van der Waals surface area contributed by atoms with Gasteiger partial charge in [0, 0.05) is 12.3 Å². The molecule has 0 spiro atoms. The molecule has 2 atom stereocenters. The van der Waals surface area contributed by atoms with Crippen molar-refractivity contribution >= 4 is 0 Å². The lowest BCUT2D eigenvalue weighted by Gasteiger charge is -2.16. The van der Waals surface area contributed by atoms with Crippen molar-refractivity contribution < 1.29 is 8.78 Å². The first-order valence-corrected chi connectivity index (χ1v) is 5.50. The molecule has 1 aromatic rings. The van der Waals surface area contributed by atoms with Crippen molar-refractivity contribution in [2.75, 3.05) is 0 Å². The molecule has 0 nitrogen and oxygen atoms in total. The van der Waals surface area contributed by atoms with Gasteiger partial charge >= 0.3 is 0 Å². The molecule has 0 saturated heterocycles. The first kappa shape index (κ1) is 12.7. The summed E-state index contributed by atoms with van der Waals surface area (Å²) in [6, 6.07) is 4.28. The molecule has 0 radical (unpaired) electrons. The van der Waals surface area contributed by atoms with Crippen molar-refractivity contribution in [2.24, 2.45) is 5.92 Å². The lowest BCUT2D eigenvalue weighted by molar-refractivity contribution is 0.478. The molecule has 0 aromatic heterocycles. The number of rotatable bonds is 2. The molecule has 0 heterocycles. The van der Waals surface area contributed by atoms with E-state index in [0.29, 0.717) is 5.56 Å². The maximum Gasteiger partial charge on any atom is 0.162 e. The molecule has 0 amide bonds. The summed E-state index contributed by atoms with van der Waals surface area (Å²) >= 11 is 0. The second-order valence-electron chi connectivity index (χ2n) is 3.90. The Kier molecular flexibility index (Phi) is 4.49. The van der Waals surface area contributed by atoms with E-state index in [9.17, 15) is 8.78 Å². The molecule has 0 aliphatic rings. The van der Waals surface area contributed by atoms with Gasteiger partial charge in [-0.3, -0.25) is 0 Å². The maximum absolute atomic E-state index is 13.5. The van der Waals surface area contributed by atoms with E-state index in [-0.39, 0.29) is 11.8 Å². The van der Waals surface area contributed by atoms with Crippen LogP contribution in [-0.4, -0.2) is 0 Å². The van der Waals surface area contributed by atoms with Gasteiger partial charge in [0.25, 0.3) is 0 Å². The first-order valence-electron chi connectivity index (χ1n) is 5.50. The molecule has 0 N–H and O–H groups in total. The SMILES string of the molecule is CCC#CC(C)C(C)c1cccc(F)c1F. The minimum Gasteiger partial charge on any atom is -0.204 e. The minimum absolute atomic E-state index is 0.0243. The third-order valence-electron chi connectivity index (χ3n) is 2.73. The van der Waals surface area contributed by atoms with Crippen molar-refractivity contribution in [1.29, 1.82) is 0 Å². The van der Waals surface area contributed by atoms with Gasteiger partial charge in [0.2, 0.25) is 0 Å². The molecule has 86 valence electrons. The van der Waals surface area contributed by atoms with Crippen LogP contribution in [0.15, 0.2) is 18.2 Å². The van der Waals surface area contributed by atoms with Gasteiger partial charge in [-0.15, -0.1) is 5.92 Å². The lowest BCUT2D eigenvalue weighted by atomic mass is 9.89. The molecule has 1 aromatic carbocycles. The summed E-state index contributed by atoms with van der Waals surface area (Å²) in [5.74, 6) is 4.39. The fourth-order valence-corrected chi connectivity index (χ4v) is 1.53. The topological polar surface area (TPSA) is 0 Å². The molecule has 0 aliphatic carbocycles. The van der Waals surface area contributed by atoms with Crippen molar-refractivity contribution in [3.8, 4) is 11.8 Å². The second kappa shape index (κ2) is 5.65. The minimum atomic E-state index is -0.792. The summed E-state index contributed by atoms with van der Waals surface area (Å²) < 4.78 is 26.6. The zero-order valence-electron chi connectivity index (χ0n) is 9.85. The van der Waals surface area contributed by atoms with Crippen LogP contribution in [0.2, 0.25) is 0 Å². The van der Waals surface area contributed by atoms with Gasteiger partial charge in [0.05, 0.1) is 0 Å². The van der Waals surface area contributed by atoms with E-state index in [1.54, 1.807) is 6.07 Å². The van der Waals surface area contributed by atoms with Crippen molar-refractivity contribution in [1.82, 2.24) is 0 Å². The summed E-state index contributed by atoms with van der Waals surface area (Å²) in [5.41, 5.74) is 0.401. The predicted molar refractivity (Wildman–Crippen MR) is 62.0 cm³/mol. The van der Waals surface area contributed by atoms with E-state index in [1.807, 2.05) is 20.8 Å². The molecular weight excluding hydrogens is 206 g/mol. The van der Waals surface area contributed by atoms with Gasteiger partial charge < -0.3 is 0 Å². The number of hydrogen-bond donors (Lipinski definition) is 0. The van der Waals surface area contributed by atoms with Crippen LogP contribution in [0.5, 0.6) is 0 Å². The van der Waals surface area contributed by atoms with E-state index in [1.165, 1.54) is 6.07 Å². The highest BCUT2D eigenvalue weighted by atomic mass is 19.2. The predicted octanol–water partition coefficient (Wildman–Crippen LogP) is 4.12. The van der Waals surface area contributed by atoms with E-state index in [4.69, 9.17) is 0 Å². The van der Waals surface area contributed by atoms with Crippen LogP contribution in [0.4, 0.5) is 8.78 Å². The Bertz CT molecular complexity index is 412. The van der Waals surface area contributed by atoms with Gasteiger partial charge in [-0.2, -0.15) is 0 Å². The van der Waals surface area contributed by atoms with Gasteiger partial charge in [0.1, 0.15) is 0 Å². The third kappa shape index (κ3) is 2.82. The summed E-state index contributed by atoms with van der Waals surface area (Å²) in [5, 5.41) is 0. The van der Waals surface area contributed by atoms with Crippen molar-refractivity contribution in [3.05, 3.63) is 35.4 Å². The van der Waals surface area contributed by atoms with E-state index < -0.39 is 11.6 Å². The van der Waals surface area contributed by atoms with E-state index >= 15 is 0 Å². The highest BCUT2D eigenvalue weighted by Crippen LogP contribution is 2.26. The standard InChI is InChI=1S/C14H16F2/c1-4-5-7-10(2)11(3)12-8-6-9-13(15)14(12)16/h6,8-11H,4H2,1-3H3. The zero-order chi connectivity index (χ0) is 12.1. The number of benzene rings is 1. The Balaban J connectivity index is 2.96. The number of halogens is 2. The van der Waals surface area contributed by atoms with Gasteiger partial charge in [-0.05, 0) is 17.5 Å². The Morgan fingerprint density at radius 2 is 1.94 bits per heavy atom. The molecule has 0 aliphatic heterocycles. The average Bonchev–Trinajstić information content (AvgIpc) is 2.28. The smallest absolute Gasteiger partial charge is 0.162 e. The normalized spacial score (nSPS) is 13.8. The van der Waals surface area contributed by atoms with Crippen molar-refractivity contribution in [3.63, 3.8) is 0 Å². The molecule has 0 saturated carbocycles. The molecule has 0 fully saturated rings. The van der Waals surface area contributed by atoms with E-state index in [0.717, 1.165) is 12.5 Å². The summed E-state index contributed by atoms with van der Waals surface area (Å²) in [6.07, 6.45) is 0.780. The first-order chi connectivity index (χ1) is 7.57. The van der Waals surface area contributed by atoms with Gasteiger partial charge in [0.15, 0.2) is 11.6 Å². The summed E-state index contributed by atoms with van der Waals surface area (Å²) in [7, 11) is 0. The van der Waals surface area contributed by atoms with Crippen LogP contribution in [0.3, 0.4) is 0 Å². The molecule has 0 bridgehead atoms. The summed E-state index contributed by atoms with van der Waals surface area (Å²) in [6.45, 7) is 5.76. The van der Waals surface area contributed by atoms with Crippen molar-refractivity contribution in [2.45, 2.75) is 33.1 Å². The van der Waals surface area contributed by atoms with Crippen LogP contribution < -0.4 is 0 Å². The zero-order valence-corrected chi connectivity index (χ0v) is 9.85. The quantitative estimate of drug-likeness (QED) is 0.660. The Labute approximate surface area is 95.7 Å². The Morgan fingerprint density at radius 1 is 1.25 bits per heavy atom. The maximum atomic E-state index is 13.5. The average molecular weight is 222 g/mol. The highest BCUT2D eigenvalue weighted by molar-refractivity contribution is 5.25. The van der Waals surface area contributed by atoms with Crippen LogP contribution in [0, 0.1) is 29.4 Å². The molecule has 16 heavy (non-hydrogen) atoms. The fraction of sp³-hybridized carbons (Fsp3) is 0.429. The molecule has 2 heteroatoms. The van der Waals surface area contributed by atoms with Crippen LogP contribution in [0.1, 0.15) is 38.7 Å². The molecule has 1 rings (SSSR count). The monoisotopic (exact) mass is 222 g/mol. The fourth-order valence-electron chi connectivity index (χ4n) is 1.53. The summed E-state index contributed by atoms with van der Waals surface area (Å²) in [4.78, 5) is 0. The number of hydrogen-bond acceptors (Lipinski definition) is 0. The molecule has 2 unspecified atom stereocenters.